The van der Waals surface area contributed by atoms with Gasteiger partial charge in [-0.15, -0.1) is 0 Å². The first-order valence-corrected chi connectivity index (χ1v) is 8.96. The van der Waals surface area contributed by atoms with E-state index in [1.54, 1.807) is 17.0 Å². The number of nitrogens with zero attached hydrogens (tertiary/aromatic N) is 1. The van der Waals surface area contributed by atoms with E-state index < -0.39 is 0 Å². The number of hydrogen-bond donors (Lipinski definition) is 1. The minimum Gasteiger partial charge on any atom is -0.378 e. The molecule has 1 saturated heterocycles. The van der Waals surface area contributed by atoms with Crippen LogP contribution in [-0.4, -0.2) is 43.0 Å². The zero-order valence-corrected chi connectivity index (χ0v) is 15.0. The lowest BCUT2D eigenvalue weighted by Crippen LogP contribution is -2.41. The van der Waals surface area contributed by atoms with E-state index >= 15 is 0 Å². The zero-order valence-electron chi connectivity index (χ0n) is 15.0. The molecule has 1 unspecified atom stereocenters. The third kappa shape index (κ3) is 4.49. The highest BCUT2D eigenvalue weighted by molar-refractivity contribution is 6.03. The lowest BCUT2D eigenvalue weighted by atomic mass is 9.97. The highest BCUT2D eigenvalue weighted by Gasteiger charge is 2.22. The summed E-state index contributed by atoms with van der Waals surface area (Å²) < 4.78 is 5.30. The summed E-state index contributed by atoms with van der Waals surface area (Å²) in [4.78, 5) is 27.0. The van der Waals surface area contributed by atoms with Crippen molar-refractivity contribution in [3.05, 3.63) is 65.7 Å². The van der Waals surface area contributed by atoms with Crippen LogP contribution in [0.1, 0.15) is 35.2 Å². The van der Waals surface area contributed by atoms with Gasteiger partial charge in [0.2, 0.25) is 5.91 Å². The smallest absolute Gasteiger partial charge is 0.256 e. The summed E-state index contributed by atoms with van der Waals surface area (Å²) in [6.07, 6.45) is 0.365. The van der Waals surface area contributed by atoms with Crippen LogP contribution < -0.4 is 5.32 Å². The number of para-hydroxylation sites is 1. The molecular formula is C21H24N2O3. The van der Waals surface area contributed by atoms with Crippen molar-refractivity contribution in [1.29, 1.82) is 0 Å². The van der Waals surface area contributed by atoms with E-state index in [-0.39, 0.29) is 17.7 Å². The SMILES string of the molecule is CC(CC(=O)Nc1ccccc1C(=O)N1CCOCC1)c1ccccc1. The molecule has 1 N–H and O–H groups in total. The van der Waals surface area contributed by atoms with Crippen molar-refractivity contribution in [2.75, 3.05) is 31.6 Å². The molecule has 1 fully saturated rings. The third-order valence-electron chi connectivity index (χ3n) is 4.59. The molecule has 0 spiro atoms. The predicted octanol–water partition coefficient (Wildman–Crippen LogP) is 3.29. The molecule has 5 heteroatoms. The molecule has 0 radical (unpaired) electrons. The van der Waals surface area contributed by atoms with Gasteiger partial charge in [-0.25, -0.2) is 0 Å². The van der Waals surface area contributed by atoms with Crippen LogP contribution in [0.2, 0.25) is 0 Å². The van der Waals surface area contributed by atoms with Gasteiger partial charge in [-0.2, -0.15) is 0 Å². The van der Waals surface area contributed by atoms with Crippen LogP contribution >= 0.6 is 0 Å². The fraction of sp³-hybridized carbons (Fsp3) is 0.333. The number of morpholine rings is 1. The van der Waals surface area contributed by atoms with Crippen LogP contribution in [0, 0.1) is 0 Å². The Morgan fingerprint density at radius 3 is 2.42 bits per heavy atom. The molecule has 0 aromatic heterocycles. The Morgan fingerprint density at radius 1 is 1.04 bits per heavy atom. The fourth-order valence-corrected chi connectivity index (χ4v) is 3.09. The molecular weight excluding hydrogens is 328 g/mol. The van der Waals surface area contributed by atoms with Crippen molar-refractivity contribution < 1.29 is 14.3 Å². The summed E-state index contributed by atoms with van der Waals surface area (Å²) in [5.41, 5.74) is 2.21. The number of amides is 2. The summed E-state index contributed by atoms with van der Waals surface area (Å²) in [5, 5.41) is 2.91. The summed E-state index contributed by atoms with van der Waals surface area (Å²) in [6.45, 7) is 4.28. The lowest BCUT2D eigenvalue weighted by molar-refractivity contribution is -0.116. The molecule has 0 saturated carbocycles. The number of hydrogen-bond acceptors (Lipinski definition) is 3. The Morgan fingerprint density at radius 2 is 1.69 bits per heavy atom. The minimum absolute atomic E-state index is 0.0692. The largest absolute Gasteiger partial charge is 0.378 e. The second kappa shape index (κ2) is 8.63. The van der Waals surface area contributed by atoms with Crippen LogP contribution in [0.25, 0.3) is 0 Å². The number of carbonyl (C=O) groups excluding carboxylic acids is 2. The van der Waals surface area contributed by atoms with Crippen LogP contribution in [-0.2, 0) is 9.53 Å². The second-order valence-electron chi connectivity index (χ2n) is 6.51. The summed E-state index contributed by atoms with van der Waals surface area (Å²) in [5.74, 6) is -0.0535. The molecule has 2 amide bonds. The molecule has 26 heavy (non-hydrogen) atoms. The molecule has 1 aliphatic heterocycles. The van der Waals surface area contributed by atoms with Gasteiger partial charge in [0.15, 0.2) is 0 Å². The van der Waals surface area contributed by atoms with Crippen LogP contribution in [0.3, 0.4) is 0 Å². The number of nitrogens with one attached hydrogen (secondary N) is 1. The maximum atomic E-state index is 12.8. The molecule has 2 aromatic carbocycles. The molecule has 0 aliphatic carbocycles. The molecule has 136 valence electrons. The average molecular weight is 352 g/mol. The van der Waals surface area contributed by atoms with Gasteiger partial charge in [-0.3, -0.25) is 9.59 Å². The average Bonchev–Trinajstić information content (AvgIpc) is 2.69. The number of rotatable bonds is 5. The Kier molecular flexibility index (Phi) is 6.02. The topological polar surface area (TPSA) is 58.6 Å². The van der Waals surface area contributed by atoms with E-state index in [4.69, 9.17) is 4.74 Å². The van der Waals surface area contributed by atoms with Crippen LogP contribution in [0.5, 0.6) is 0 Å². The molecule has 1 aliphatic rings. The van der Waals surface area contributed by atoms with Gasteiger partial charge in [-0.1, -0.05) is 49.4 Å². The molecule has 0 bridgehead atoms. The monoisotopic (exact) mass is 352 g/mol. The van der Waals surface area contributed by atoms with Gasteiger partial charge < -0.3 is 15.0 Å². The molecule has 1 atom stereocenters. The van der Waals surface area contributed by atoms with Crippen molar-refractivity contribution in [1.82, 2.24) is 4.90 Å². The van der Waals surface area contributed by atoms with Gasteiger partial charge in [0, 0.05) is 19.5 Å². The standard InChI is InChI=1S/C21H24N2O3/c1-16(17-7-3-2-4-8-17)15-20(24)22-19-10-6-5-9-18(19)21(25)23-11-13-26-14-12-23/h2-10,16H,11-15H2,1H3,(H,22,24). The van der Waals surface area contributed by atoms with Gasteiger partial charge in [-0.05, 0) is 23.6 Å². The Labute approximate surface area is 154 Å². The number of anilines is 1. The zero-order chi connectivity index (χ0) is 18.4. The number of carbonyl (C=O) groups is 2. The first kappa shape index (κ1) is 18.1. The van der Waals surface area contributed by atoms with E-state index in [2.05, 4.69) is 5.32 Å². The van der Waals surface area contributed by atoms with Crippen molar-refractivity contribution in [3.8, 4) is 0 Å². The van der Waals surface area contributed by atoms with Crippen LogP contribution in [0.15, 0.2) is 54.6 Å². The maximum absolute atomic E-state index is 12.8. The lowest BCUT2D eigenvalue weighted by Gasteiger charge is -2.27. The van der Waals surface area contributed by atoms with E-state index in [9.17, 15) is 9.59 Å². The van der Waals surface area contributed by atoms with Crippen molar-refractivity contribution in [2.24, 2.45) is 0 Å². The quantitative estimate of drug-likeness (QED) is 0.898. The van der Waals surface area contributed by atoms with E-state index in [1.165, 1.54) is 0 Å². The summed E-state index contributed by atoms with van der Waals surface area (Å²) >= 11 is 0. The highest BCUT2D eigenvalue weighted by Crippen LogP contribution is 2.22. The number of benzene rings is 2. The minimum atomic E-state index is -0.0939. The predicted molar refractivity (Wildman–Crippen MR) is 101 cm³/mol. The van der Waals surface area contributed by atoms with Crippen molar-refractivity contribution in [2.45, 2.75) is 19.3 Å². The summed E-state index contributed by atoms with van der Waals surface area (Å²) in [7, 11) is 0. The third-order valence-corrected chi connectivity index (χ3v) is 4.59. The van der Waals surface area contributed by atoms with Crippen LogP contribution in [0.4, 0.5) is 5.69 Å². The molecule has 2 aromatic rings. The van der Waals surface area contributed by atoms with Gasteiger partial charge >= 0.3 is 0 Å². The van der Waals surface area contributed by atoms with Gasteiger partial charge in [0.1, 0.15) is 0 Å². The Balaban J connectivity index is 1.67. The first-order valence-electron chi connectivity index (χ1n) is 8.96. The van der Waals surface area contributed by atoms with E-state index in [1.807, 2.05) is 49.4 Å². The Bertz CT molecular complexity index is 755. The van der Waals surface area contributed by atoms with Gasteiger partial charge in [0.25, 0.3) is 5.91 Å². The maximum Gasteiger partial charge on any atom is 0.256 e. The Hall–Kier alpha value is -2.66. The van der Waals surface area contributed by atoms with Crippen molar-refractivity contribution in [3.63, 3.8) is 0 Å². The normalized spacial score (nSPS) is 15.3. The van der Waals surface area contributed by atoms with Crippen molar-refractivity contribution >= 4 is 17.5 Å². The fourth-order valence-electron chi connectivity index (χ4n) is 3.09. The van der Waals surface area contributed by atoms with E-state index in [0.717, 1.165) is 5.56 Å². The first-order chi connectivity index (χ1) is 12.6. The van der Waals surface area contributed by atoms with E-state index in [0.29, 0.717) is 44.0 Å². The highest BCUT2D eigenvalue weighted by atomic mass is 16.5. The number of ether oxygens (including phenoxy) is 1. The van der Waals surface area contributed by atoms with Gasteiger partial charge in [0.05, 0.1) is 24.5 Å². The second-order valence-corrected chi connectivity index (χ2v) is 6.51. The molecule has 5 nitrogen and oxygen atoms in total. The molecule has 3 rings (SSSR count). The molecule has 1 heterocycles. The summed E-state index contributed by atoms with van der Waals surface area (Å²) in [6, 6.07) is 17.1.